The summed E-state index contributed by atoms with van der Waals surface area (Å²) in [5, 5.41) is 2.89. The van der Waals surface area contributed by atoms with Crippen molar-refractivity contribution in [1.82, 2.24) is 16.2 Å². The number of allylic oxidation sites excluding steroid dienone is 1. The fourth-order valence-electron chi connectivity index (χ4n) is 3.46. The number of hydrogen-bond acceptors (Lipinski definition) is 5. The molecule has 0 spiro atoms. The van der Waals surface area contributed by atoms with Gasteiger partial charge in [0.05, 0.1) is 13.3 Å². The summed E-state index contributed by atoms with van der Waals surface area (Å²) in [7, 11) is 1.38. The quantitative estimate of drug-likeness (QED) is 0.720. The average Bonchev–Trinajstić information content (AvgIpc) is 2.97. The van der Waals surface area contributed by atoms with Gasteiger partial charge in [-0.15, -0.1) is 0 Å². The molecule has 1 aromatic carbocycles. The summed E-state index contributed by atoms with van der Waals surface area (Å²) in [6.07, 6.45) is 2.17. The van der Waals surface area contributed by atoms with Gasteiger partial charge in [-0.2, -0.15) is 0 Å². The van der Waals surface area contributed by atoms with E-state index in [0.29, 0.717) is 6.42 Å². The molecule has 6 heteroatoms. The van der Waals surface area contributed by atoms with Gasteiger partial charge in [-0.25, -0.2) is 10.9 Å². The van der Waals surface area contributed by atoms with Crippen LogP contribution < -0.4 is 16.2 Å². The second-order valence-corrected chi connectivity index (χ2v) is 6.02. The molecule has 2 saturated heterocycles. The summed E-state index contributed by atoms with van der Waals surface area (Å²) < 4.78 is 4.88. The number of hydrazine groups is 1. The number of fused-ring (bicyclic) bond motifs is 1. The fourth-order valence-corrected chi connectivity index (χ4v) is 3.46. The Morgan fingerprint density at radius 1 is 1.26 bits per heavy atom. The molecule has 1 amide bonds. The van der Waals surface area contributed by atoms with Crippen molar-refractivity contribution in [3.8, 4) is 0 Å². The van der Waals surface area contributed by atoms with E-state index in [-0.39, 0.29) is 29.9 Å². The number of nitrogens with one attached hydrogen (secondary N) is 3. The highest BCUT2D eigenvalue weighted by Crippen LogP contribution is 2.35. The molecule has 6 nitrogen and oxygen atoms in total. The van der Waals surface area contributed by atoms with Crippen LogP contribution in [-0.2, 0) is 14.3 Å². The van der Waals surface area contributed by atoms with E-state index in [4.69, 9.17) is 4.74 Å². The van der Waals surface area contributed by atoms with Gasteiger partial charge in [-0.1, -0.05) is 42.0 Å². The van der Waals surface area contributed by atoms with E-state index in [1.807, 2.05) is 37.3 Å². The van der Waals surface area contributed by atoms with Crippen LogP contribution in [-0.4, -0.2) is 31.2 Å². The minimum Gasteiger partial charge on any atom is -0.468 e. The third-order valence-corrected chi connectivity index (χ3v) is 4.58. The first kappa shape index (κ1) is 15.7. The van der Waals surface area contributed by atoms with Crippen LogP contribution in [0.2, 0.25) is 0 Å². The van der Waals surface area contributed by atoms with Crippen LogP contribution in [0.1, 0.15) is 18.9 Å². The van der Waals surface area contributed by atoms with E-state index in [2.05, 4.69) is 22.2 Å². The van der Waals surface area contributed by atoms with Crippen molar-refractivity contribution < 1.29 is 14.3 Å². The minimum absolute atomic E-state index is 0.0168. The molecule has 3 N–H and O–H groups in total. The average molecular weight is 315 g/mol. The van der Waals surface area contributed by atoms with Gasteiger partial charge >= 0.3 is 5.97 Å². The third kappa shape index (κ3) is 3.13. The van der Waals surface area contributed by atoms with E-state index in [1.165, 1.54) is 7.11 Å². The van der Waals surface area contributed by atoms with Crippen molar-refractivity contribution in [3.05, 3.63) is 41.5 Å². The first-order chi connectivity index (χ1) is 11.1. The highest BCUT2D eigenvalue weighted by atomic mass is 16.5. The monoisotopic (exact) mass is 315 g/mol. The largest absolute Gasteiger partial charge is 0.468 e. The zero-order valence-corrected chi connectivity index (χ0v) is 13.2. The molecule has 0 aliphatic carbocycles. The zero-order valence-electron chi connectivity index (χ0n) is 13.2. The van der Waals surface area contributed by atoms with Gasteiger partial charge < -0.3 is 10.1 Å². The van der Waals surface area contributed by atoms with E-state index in [1.54, 1.807) is 0 Å². The Morgan fingerprint density at radius 3 is 2.70 bits per heavy atom. The summed E-state index contributed by atoms with van der Waals surface area (Å²) in [6.45, 7) is 2.01. The highest BCUT2D eigenvalue weighted by molar-refractivity contribution is 5.81. The summed E-state index contributed by atoms with van der Waals surface area (Å²) in [5.41, 5.74) is 8.11. The van der Waals surface area contributed by atoms with Crippen molar-refractivity contribution in [1.29, 1.82) is 0 Å². The topological polar surface area (TPSA) is 79.5 Å². The number of benzene rings is 1. The Bertz CT molecular complexity index is 629. The van der Waals surface area contributed by atoms with Crippen LogP contribution in [0.4, 0.5) is 0 Å². The molecule has 0 aromatic heterocycles. The van der Waals surface area contributed by atoms with E-state index < -0.39 is 6.04 Å². The lowest BCUT2D eigenvalue weighted by Gasteiger charge is -2.35. The molecule has 2 fully saturated rings. The van der Waals surface area contributed by atoms with Gasteiger partial charge in [0.15, 0.2) is 0 Å². The van der Waals surface area contributed by atoms with E-state index in [0.717, 1.165) is 11.1 Å². The standard InChI is InChI=1S/C17H21N3O3/c1-10(8-11-6-4-3-5-7-11)12-9-13(21)18-16-14(12)15(19-20-16)17(22)23-2/h3-8,12,14-16,19-20H,9H2,1-2H3,(H,18,21)/b10-8+. The number of ether oxygens (including phenoxy) is 1. The summed E-state index contributed by atoms with van der Waals surface area (Å²) in [5.74, 6) is -0.448. The zero-order chi connectivity index (χ0) is 16.4. The SMILES string of the molecule is COC(=O)C1NNC2NC(=O)CC(/C(C)=C/c3ccccc3)C21. The highest BCUT2D eigenvalue weighted by Gasteiger charge is 2.49. The number of rotatable bonds is 3. The third-order valence-electron chi connectivity index (χ3n) is 4.58. The minimum atomic E-state index is -0.477. The predicted molar refractivity (Wildman–Crippen MR) is 85.7 cm³/mol. The first-order valence-corrected chi connectivity index (χ1v) is 7.71. The number of amides is 1. The summed E-state index contributed by atoms with van der Waals surface area (Å²) in [6, 6.07) is 9.49. The smallest absolute Gasteiger partial charge is 0.324 e. The maximum Gasteiger partial charge on any atom is 0.324 e. The number of piperidine rings is 1. The molecular weight excluding hydrogens is 294 g/mol. The van der Waals surface area contributed by atoms with Crippen LogP contribution in [0.5, 0.6) is 0 Å². The van der Waals surface area contributed by atoms with Crippen LogP contribution in [0, 0.1) is 11.8 Å². The molecule has 0 radical (unpaired) electrons. The number of carbonyl (C=O) groups excluding carboxylic acids is 2. The summed E-state index contributed by atoms with van der Waals surface area (Å²) >= 11 is 0. The van der Waals surface area contributed by atoms with Crippen molar-refractivity contribution in [3.63, 3.8) is 0 Å². The number of hydrogen-bond donors (Lipinski definition) is 3. The van der Waals surface area contributed by atoms with Gasteiger partial charge in [0.25, 0.3) is 0 Å². The molecule has 2 aliphatic heterocycles. The van der Waals surface area contributed by atoms with Crippen LogP contribution >= 0.6 is 0 Å². The van der Waals surface area contributed by atoms with Crippen molar-refractivity contribution in [2.45, 2.75) is 25.6 Å². The molecular formula is C17H21N3O3. The molecule has 0 saturated carbocycles. The van der Waals surface area contributed by atoms with Crippen molar-refractivity contribution >= 4 is 18.0 Å². The maximum atomic E-state index is 12.0. The number of methoxy groups -OCH3 is 1. The van der Waals surface area contributed by atoms with Crippen molar-refractivity contribution in [2.24, 2.45) is 11.8 Å². The number of esters is 1. The molecule has 4 atom stereocenters. The Balaban J connectivity index is 1.89. The Kier molecular flexibility index (Phi) is 4.45. The second-order valence-electron chi connectivity index (χ2n) is 6.02. The van der Waals surface area contributed by atoms with Crippen molar-refractivity contribution in [2.75, 3.05) is 7.11 Å². The molecule has 0 bridgehead atoms. The molecule has 3 rings (SSSR count). The maximum absolute atomic E-state index is 12.0. The van der Waals surface area contributed by atoms with E-state index in [9.17, 15) is 9.59 Å². The van der Waals surface area contributed by atoms with Gasteiger partial charge in [0, 0.05) is 12.3 Å². The van der Waals surface area contributed by atoms with E-state index >= 15 is 0 Å². The molecule has 4 unspecified atom stereocenters. The normalized spacial score (nSPS) is 30.5. The Morgan fingerprint density at radius 2 is 2.00 bits per heavy atom. The van der Waals surface area contributed by atoms with Gasteiger partial charge in [-0.05, 0) is 18.4 Å². The number of carbonyl (C=O) groups is 2. The predicted octanol–water partition coefficient (Wildman–Crippen LogP) is 0.818. The molecule has 122 valence electrons. The lowest BCUT2D eigenvalue weighted by atomic mass is 9.76. The molecule has 2 aliphatic rings. The van der Waals surface area contributed by atoms with Crippen LogP contribution in [0.3, 0.4) is 0 Å². The fraction of sp³-hybridized carbons (Fsp3) is 0.412. The Labute approximate surface area is 135 Å². The van der Waals surface area contributed by atoms with Crippen LogP contribution in [0.15, 0.2) is 35.9 Å². The molecule has 2 heterocycles. The first-order valence-electron chi connectivity index (χ1n) is 7.71. The lowest BCUT2D eigenvalue weighted by Crippen LogP contribution is -2.54. The van der Waals surface area contributed by atoms with Gasteiger partial charge in [-0.3, -0.25) is 9.59 Å². The molecule has 1 aromatic rings. The van der Waals surface area contributed by atoms with Gasteiger partial charge in [0.2, 0.25) is 5.91 Å². The van der Waals surface area contributed by atoms with Gasteiger partial charge in [0.1, 0.15) is 6.04 Å². The summed E-state index contributed by atoms with van der Waals surface area (Å²) in [4.78, 5) is 24.0. The Hall–Kier alpha value is -2.18. The molecule has 23 heavy (non-hydrogen) atoms. The second kappa shape index (κ2) is 6.52. The lowest BCUT2D eigenvalue weighted by molar-refractivity contribution is -0.145. The van der Waals surface area contributed by atoms with Crippen LogP contribution in [0.25, 0.3) is 6.08 Å².